The molecule has 0 aromatic heterocycles. The second-order valence-corrected chi connectivity index (χ2v) is 6.47. The molecule has 2 aliphatic heterocycles. The lowest BCUT2D eigenvalue weighted by atomic mass is 9.93. The van der Waals surface area contributed by atoms with Crippen LogP contribution in [0.15, 0.2) is 0 Å². The molecular weight excluding hydrogens is 320 g/mol. The molecule has 8 unspecified atom stereocenters. The molecule has 0 aromatic rings. The molecular formula is C15H30N2O7. The van der Waals surface area contributed by atoms with Gasteiger partial charge in [0.15, 0.2) is 12.6 Å². The number of rotatable bonds is 7. The number of aliphatic hydroxyl groups excluding tert-OH is 4. The molecule has 142 valence electrons. The van der Waals surface area contributed by atoms with Crippen LogP contribution in [0.1, 0.15) is 19.8 Å². The van der Waals surface area contributed by atoms with Gasteiger partial charge in [0.05, 0.1) is 24.9 Å². The van der Waals surface area contributed by atoms with Gasteiger partial charge in [-0.3, -0.25) is 0 Å². The SMILES string of the molecule is CC1C(O)CC(OC2C(O)CC(O)OC2CNCCN)OC1CO. The minimum Gasteiger partial charge on any atom is -0.394 e. The molecule has 0 saturated carbocycles. The molecule has 2 rings (SSSR count). The quantitative estimate of drug-likeness (QED) is 0.274. The lowest BCUT2D eigenvalue weighted by Gasteiger charge is -2.43. The minimum atomic E-state index is -1.06. The first-order valence-electron chi connectivity index (χ1n) is 8.48. The van der Waals surface area contributed by atoms with Gasteiger partial charge in [0, 0.05) is 38.4 Å². The second kappa shape index (κ2) is 9.37. The van der Waals surface area contributed by atoms with Crippen LogP contribution in [-0.2, 0) is 14.2 Å². The van der Waals surface area contributed by atoms with Crippen molar-refractivity contribution in [3.63, 3.8) is 0 Å². The number of aliphatic hydroxyl groups is 4. The topological polar surface area (TPSA) is 147 Å². The summed E-state index contributed by atoms with van der Waals surface area (Å²) in [5.41, 5.74) is 5.44. The van der Waals surface area contributed by atoms with Crippen molar-refractivity contribution < 1.29 is 34.6 Å². The summed E-state index contributed by atoms with van der Waals surface area (Å²) in [4.78, 5) is 0. The smallest absolute Gasteiger partial charge is 0.161 e. The Labute approximate surface area is 141 Å². The summed E-state index contributed by atoms with van der Waals surface area (Å²) in [7, 11) is 0. The fourth-order valence-electron chi connectivity index (χ4n) is 3.12. The van der Waals surface area contributed by atoms with Crippen LogP contribution in [0.4, 0.5) is 0 Å². The molecule has 2 heterocycles. The third-order valence-corrected chi connectivity index (χ3v) is 4.63. The van der Waals surface area contributed by atoms with Crippen molar-refractivity contribution >= 4 is 0 Å². The van der Waals surface area contributed by atoms with Crippen molar-refractivity contribution in [1.82, 2.24) is 5.32 Å². The predicted octanol–water partition coefficient (Wildman–Crippen LogP) is -2.51. The van der Waals surface area contributed by atoms with Crippen molar-refractivity contribution in [2.24, 2.45) is 11.7 Å². The van der Waals surface area contributed by atoms with Gasteiger partial charge in [0.1, 0.15) is 12.2 Å². The van der Waals surface area contributed by atoms with Crippen LogP contribution in [-0.4, -0.2) is 89.8 Å². The molecule has 0 radical (unpaired) electrons. The van der Waals surface area contributed by atoms with Crippen LogP contribution in [0.5, 0.6) is 0 Å². The molecule has 9 heteroatoms. The highest BCUT2D eigenvalue weighted by Crippen LogP contribution is 2.29. The predicted molar refractivity (Wildman–Crippen MR) is 83.8 cm³/mol. The number of ether oxygens (including phenoxy) is 3. The summed E-state index contributed by atoms with van der Waals surface area (Å²) in [6.45, 7) is 2.96. The van der Waals surface area contributed by atoms with E-state index in [1.54, 1.807) is 6.92 Å². The summed E-state index contributed by atoms with van der Waals surface area (Å²) in [5.74, 6) is -0.203. The van der Waals surface area contributed by atoms with Crippen LogP contribution in [0, 0.1) is 5.92 Å². The van der Waals surface area contributed by atoms with Gasteiger partial charge in [-0.2, -0.15) is 0 Å². The van der Waals surface area contributed by atoms with Crippen molar-refractivity contribution in [3.8, 4) is 0 Å². The van der Waals surface area contributed by atoms with E-state index in [9.17, 15) is 20.4 Å². The van der Waals surface area contributed by atoms with Crippen molar-refractivity contribution in [2.75, 3.05) is 26.2 Å². The Morgan fingerprint density at radius 2 is 1.88 bits per heavy atom. The maximum Gasteiger partial charge on any atom is 0.161 e. The average molecular weight is 350 g/mol. The summed E-state index contributed by atoms with van der Waals surface area (Å²) in [5, 5.41) is 42.5. The van der Waals surface area contributed by atoms with E-state index in [-0.39, 0.29) is 25.4 Å². The molecule has 0 bridgehead atoms. The molecule has 0 aromatic carbocycles. The van der Waals surface area contributed by atoms with E-state index in [4.69, 9.17) is 19.9 Å². The van der Waals surface area contributed by atoms with Gasteiger partial charge in [-0.25, -0.2) is 0 Å². The van der Waals surface area contributed by atoms with E-state index in [0.717, 1.165) is 0 Å². The molecule has 24 heavy (non-hydrogen) atoms. The van der Waals surface area contributed by atoms with Crippen molar-refractivity contribution in [3.05, 3.63) is 0 Å². The first-order chi connectivity index (χ1) is 11.5. The zero-order chi connectivity index (χ0) is 17.7. The Balaban J connectivity index is 1.98. The zero-order valence-electron chi connectivity index (χ0n) is 14.0. The van der Waals surface area contributed by atoms with Crippen molar-refractivity contribution in [1.29, 1.82) is 0 Å². The van der Waals surface area contributed by atoms with E-state index in [1.165, 1.54) is 0 Å². The number of nitrogens with two attached hydrogens (primary N) is 1. The molecule has 0 aliphatic carbocycles. The largest absolute Gasteiger partial charge is 0.394 e. The van der Waals surface area contributed by atoms with E-state index in [2.05, 4.69) is 5.32 Å². The lowest BCUT2D eigenvalue weighted by molar-refractivity contribution is -0.306. The Hall–Kier alpha value is -0.360. The van der Waals surface area contributed by atoms with Crippen LogP contribution >= 0.6 is 0 Å². The van der Waals surface area contributed by atoms with Gasteiger partial charge in [-0.05, 0) is 0 Å². The Morgan fingerprint density at radius 1 is 1.12 bits per heavy atom. The normalized spacial score (nSPS) is 43.8. The molecule has 2 aliphatic rings. The molecule has 2 fully saturated rings. The highest BCUT2D eigenvalue weighted by Gasteiger charge is 2.42. The van der Waals surface area contributed by atoms with Crippen LogP contribution < -0.4 is 11.1 Å². The third kappa shape index (κ3) is 5.07. The monoisotopic (exact) mass is 350 g/mol. The third-order valence-electron chi connectivity index (χ3n) is 4.63. The Bertz CT molecular complexity index is 376. The van der Waals surface area contributed by atoms with Crippen LogP contribution in [0.3, 0.4) is 0 Å². The molecule has 9 nitrogen and oxygen atoms in total. The van der Waals surface area contributed by atoms with Gasteiger partial charge in [-0.15, -0.1) is 0 Å². The minimum absolute atomic E-state index is 0.0349. The zero-order valence-corrected chi connectivity index (χ0v) is 14.0. The van der Waals surface area contributed by atoms with E-state index in [0.29, 0.717) is 19.6 Å². The maximum absolute atomic E-state index is 10.3. The maximum atomic E-state index is 10.3. The van der Waals surface area contributed by atoms with Crippen LogP contribution in [0.2, 0.25) is 0 Å². The first-order valence-corrected chi connectivity index (χ1v) is 8.48. The number of nitrogens with one attached hydrogen (secondary N) is 1. The van der Waals surface area contributed by atoms with Crippen LogP contribution in [0.25, 0.3) is 0 Å². The fourth-order valence-corrected chi connectivity index (χ4v) is 3.12. The average Bonchev–Trinajstić information content (AvgIpc) is 2.53. The number of hydrogen-bond donors (Lipinski definition) is 6. The second-order valence-electron chi connectivity index (χ2n) is 6.47. The fraction of sp³-hybridized carbons (Fsp3) is 1.00. The molecule has 2 saturated heterocycles. The summed E-state index contributed by atoms with van der Waals surface area (Å²) in [6.07, 6.45) is -4.96. The van der Waals surface area contributed by atoms with Gasteiger partial charge < -0.3 is 45.7 Å². The van der Waals surface area contributed by atoms with E-state index >= 15 is 0 Å². The summed E-state index contributed by atoms with van der Waals surface area (Å²) in [6, 6.07) is 0. The van der Waals surface area contributed by atoms with E-state index < -0.39 is 43.1 Å². The summed E-state index contributed by atoms with van der Waals surface area (Å²) < 4.78 is 17.0. The standard InChI is InChI=1S/C15H30N2O7/c1-8-9(19)5-14(23-12(8)7-18)24-15-10(20)4-13(21)22-11(15)6-17-3-2-16/h8-15,17-21H,2-7,16H2,1H3. The van der Waals surface area contributed by atoms with Gasteiger partial charge >= 0.3 is 0 Å². The molecule has 8 atom stereocenters. The van der Waals surface area contributed by atoms with Crippen molar-refractivity contribution in [2.45, 2.75) is 62.9 Å². The molecule has 0 amide bonds. The Kier molecular flexibility index (Phi) is 7.79. The summed E-state index contributed by atoms with van der Waals surface area (Å²) >= 11 is 0. The van der Waals surface area contributed by atoms with Gasteiger partial charge in [-0.1, -0.05) is 6.92 Å². The van der Waals surface area contributed by atoms with E-state index in [1.807, 2.05) is 0 Å². The highest BCUT2D eigenvalue weighted by atomic mass is 16.7. The lowest BCUT2D eigenvalue weighted by Crippen LogP contribution is -2.56. The van der Waals surface area contributed by atoms with Gasteiger partial charge in [0.2, 0.25) is 0 Å². The number of hydrogen-bond acceptors (Lipinski definition) is 9. The molecule has 7 N–H and O–H groups in total. The van der Waals surface area contributed by atoms with Gasteiger partial charge in [0.25, 0.3) is 0 Å². The highest BCUT2D eigenvalue weighted by molar-refractivity contribution is 4.87. The first kappa shape index (κ1) is 20.0. The Morgan fingerprint density at radius 3 is 2.54 bits per heavy atom. The molecule has 0 spiro atoms.